The number of carboxylic acids is 2. The van der Waals surface area contributed by atoms with Gasteiger partial charge in [0.2, 0.25) is 0 Å². The third-order valence-corrected chi connectivity index (χ3v) is 11.2. The third-order valence-electron chi connectivity index (χ3n) is 2.92. The standard InChI is InChI=1S/C16H14BrIO4/c17-18(13-5-1-11(2-6-13)9-15(19)20)14-7-3-12(4-8-14)10-16(21)22/h1-8H,9-10H2,(H,19,20)(H,21,22). The molecule has 116 valence electrons. The predicted molar refractivity (Wildman–Crippen MR) is 95.9 cm³/mol. The second-order valence-electron chi connectivity index (χ2n) is 4.63. The number of carbonyl (C=O) groups is 2. The molecule has 0 heterocycles. The van der Waals surface area contributed by atoms with Crippen molar-refractivity contribution in [3.63, 3.8) is 0 Å². The van der Waals surface area contributed by atoms with E-state index in [-0.39, 0.29) is 12.8 Å². The van der Waals surface area contributed by atoms with Crippen LogP contribution in [0.25, 0.3) is 0 Å². The number of hydrogen-bond donors (Lipinski definition) is 2. The number of benzene rings is 2. The van der Waals surface area contributed by atoms with Gasteiger partial charge in [0.25, 0.3) is 0 Å². The van der Waals surface area contributed by atoms with Crippen LogP contribution in [0, 0.1) is 7.14 Å². The second kappa shape index (κ2) is 7.73. The fourth-order valence-corrected chi connectivity index (χ4v) is 7.28. The zero-order chi connectivity index (χ0) is 16.1. The molecule has 0 aliphatic carbocycles. The van der Waals surface area contributed by atoms with Gasteiger partial charge in [-0.2, -0.15) is 0 Å². The average Bonchev–Trinajstić information content (AvgIpc) is 2.47. The summed E-state index contributed by atoms with van der Waals surface area (Å²) in [6.45, 7) is 0. The van der Waals surface area contributed by atoms with E-state index in [2.05, 4.69) is 12.7 Å². The van der Waals surface area contributed by atoms with Crippen LogP contribution in [0.5, 0.6) is 0 Å². The van der Waals surface area contributed by atoms with Crippen LogP contribution in [0.15, 0.2) is 48.5 Å². The number of aliphatic carboxylic acids is 2. The van der Waals surface area contributed by atoms with Crippen LogP contribution in [0.1, 0.15) is 11.1 Å². The molecule has 2 aromatic rings. The van der Waals surface area contributed by atoms with Gasteiger partial charge in [0.1, 0.15) is 0 Å². The Balaban J connectivity index is 2.11. The van der Waals surface area contributed by atoms with Gasteiger partial charge in [-0.15, -0.1) is 0 Å². The summed E-state index contributed by atoms with van der Waals surface area (Å²) >= 11 is 2.06. The fourth-order valence-electron chi connectivity index (χ4n) is 1.90. The van der Waals surface area contributed by atoms with Crippen LogP contribution in [0.2, 0.25) is 0 Å². The zero-order valence-electron chi connectivity index (χ0n) is 11.5. The number of halogens is 2. The molecule has 0 aliphatic rings. The summed E-state index contributed by atoms with van der Waals surface area (Å²) in [6.07, 6.45) is 0.0569. The van der Waals surface area contributed by atoms with Gasteiger partial charge in [0.15, 0.2) is 0 Å². The van der Waals surface area contributed by atoms with E-state index in [9.17, 15) is 9.59 Å². The van der Waals surface area contributed by atoms with E-state index in [0.717, 1.165) is 11.1 Å². The van der Waals surface area contributed by atoms with Gasteiger partial charge in [0, 0.05) is 0 Å². The molecule has 2 N–H and O–H groups in total. The Hall–Kier alpha value is -1.41. The van der Waals surface area contributed by atoms with Gasteiger partial charge >= 0.3 is 142 Å². The molecule has 0 amide bonds. The molecule has 22 heavy (non-hydrogen) atoms. The Kier molecular flexibility index (Phi) is 5.96. The van der Waals surface area contributed by atoms with Crippen LogP contribution in [0.3, 0.4) is 0 Å². The van der Waals surface area contributed by atoms with E-state index in [4.69, 9.17) is 10.2 Å². The molecule has 0 saturated carbocycles. The van der Waals surface area contributed by atoms with Crippen LogP contribution in [-0.4, -0.2) is 22.2 Å². The molecule has 2 aromatic carbocycles. The number of rotatable bonds is 6. The molecule has 0 spiro atoms. The summed E-state index contributed by atoms with van der Waals surface area (Å²) in [5.74, 6) is -1.67. The van der Waals surface area contributed by atoms with Crippen molar-refractivity contribution in [3.8, 4) is 0 Å². The van der Waals surface area contributed by atoms with E-state index >= 15 is 0 Å². The Morgan fingerprint density at radius 2 is 1.09 bits per heavy atom. The molecule has 4 nitrogen and oxygen atoms in total. The van der Waals surface area contributed by atoms with Gasteiger partial charge in [-0.25, -0.2) is 0 Å². The normalized spacial score (nSPS) is 11.0. The minimum absolute atomic E-state index is 0.0284. The molecule has 0 unspecified atom stereocenters. The Bertz CT molecular complexity index is 608. The third kappa shape index (κ3) is 4.81. The monoisotopic (exact) mass is 476 g/mol. The van der Waals surface area contributed by atoms with Gasteiger partial charge in [0.05, 0.1) is 0 Å². The van der Waals surface area contributed by atoms with Crippen LogP contribution in [0.4, 0.5) is 0 Å². The van der Waals surface area contributed by atoms with Gasteiger partial charge in [-0.1, -0.05) is 0 Å². The topological polar surface area (TPSA) is 74.6 Å². The van der Waals surface area contributed by atoms with Gasteiger partial charge in [-0.3, -0.25) is 0 Å². The molecule has 0 bridgehead atoms. The first-order valence-corrected chi connectivity index (χ1v) is 13.4. The number of carboxylic acid groups (broad SMARTS) is 2. The van der Waals surface area contributed by atoms with Crippen LogP contribution in [-0.2, 0) is 22.4 Å². The molecule has 2 rings (SSSR count). The second-order valence-corrected chi connectivity index (χ2v) is 12.5. The molecule has 6 heteroatoms. The van der Waals surface area contributed by atoms with E-state index in [0.29, 0.717) is 0 Å². The van der Waals surface area contributed by atoms with Crippen LogP contribution >= 0.6 is 30.3 Å². The summed E-state index contributed by atoms with van der Waals surface area (Å²) in [5.41, 5.74) is 1.56. The molecule has 0 saturated heterocycles. The predicted octanol–water partition coefficient (Wildman–Crippen LogP) is 3.80. The van der Waals surface area contributed by atoms with Crippen molar-refractivity contribution in [1.29, 1.82) is 0 Å². The van der Waals surface area contributed by atoms with E-state index in [1.807, 2.05) is 48.5 Å². The van der Waals surface area contributed by atoms with Gasteiger partial charge in [-0.05, 0) is 0 Å². The Morgan fingerprint density at radius 3 is 1.36 bits per heavy atom. The molecule has 0 radical (unpaired) electrons. The van der Waals surface area contributed by atoms with Crippen molar-refractivity contribution in [1.82, 2.24) is 0 Å². The molecule has 0 atom stereocenters. The quantitative estimate of drug-likeness (QED) is 0.622. The minimum atomic E-state index is -1.70. The number of hydrogen-bond acceptors (Lipinski definition) is 2. The summed E-state index contributed by atoms with van der Waals surface area (Å²) in [4.78, 5) is 21.4. The van der Waals surface area contributed by atoms with Crippen molar-refractivity contribution in [2.24, 2.45) is 0 Å². The van der Waals surface area contributed by atoms with Crippen LogP contribution < -0.4 is 0 Å². The molecule has 0 aliphatic heterocycles. The maximum atomic E-state index is 10.7. The average molecular weight is 477 g/mol. The van der Waals surface area contributed by atoms with Crippen molar-refractivity contribution in [2.45, 2.75) is 12.8 Å². The first-order valence-electron chi connectivity index (χ1n) is 6.43. The summed E-state index contributed by atoms with van der Waals surface area (Å²) in [5, 5.41) is 17.5. The summed E-state index contributed by atoms with van der Waals surface area (Å²) in [6, 6.07) is 15.2. The van der Waals surface area contributed by atoms with Crippen molar-refractivity contribution < 1.29 is 19.8 Å². The van der Waals surface area contributed by atoms with Crippen molar-refractivity contribution in [2.75, 3.05) is 0 Å². The zero-order valence-corrected chi connectivity index (χ0v) is 15.2. The van der Waals surface area contributed by atoms with E-state index in [1.165, 1.54) is 7.14 Å². The first kappa shape index (κ1) is 17.0. The van der Waals surface area contributed by atoms with E-state index < -0.39 is 29.5 Å². The molecular weight excluding hydrogens is 463 g/mol. The van der Waals surface area contributed by atoms with Gasteiger partial charge < -0.3 is 0 Å². The van der Waals surface area contributed by atoms with Crippen molar-refractivity contribution >= 4 is 42.2 Å². The van der Waals surface area contributed by atoms with E-state index in [1.54, 1.807) is 0 Å². The summed E-state index contributed by atoms with van der Waals surface area (Å²) < 4.78 is 2.34. The molecular formula is C16H14BrIO4. The Labute approximate surface area is 141 Å². The first-order chi connectivity index (χ1) is 10.5. The summed E-state index contributed by atoms with van der Waals surface area (Å²) in [7, 11) is 0. The SMILES string of the molecule is O=C(O)Cc1ccc(I(Br)c2ccc(CC(=O)O)cc2)cc1. The maximum absolute atomic E-state index is 10.7. The molecule has 0 fully saturated rings. The Morgan fingerprint density at radius 1 is 0.773 bits per heavy atom. The van der Waals surface area contributed by atoms with Crippen molar-refractivity contribution in [3.05, 3.63) is 66.8 Å². The fraction of sp³-hybridized carbons (Fsp3) is 0.125. The molecule has 0 aromatic heterocycles.